The van der Waals surface area contributed by atoms with Crippen LogP contribution in [-0.4, -0.2) is 9.13 Å². The average Bonchev–Trinajstić information content (AvgIpc) is 3.77. The van der Waals surface area contributed by atoms with Crippen molar-refractivity contribution < 1.29 is 0 Å². The van der Waals surface area contributed by atoms with Crippen LogP contribution in [-0.2, 0) is 0 Å². The van der Waals surface area contributed by atoms with Gasteiger partial charge in [0.1, 0.15) is 0 Å². The van der Waals surface area contributed by atoms with Gasteiger partial charge in [-0.15, -0.1) is 0 Å². The lowest BCUT2D eigenvalue weighted by Gasteiger charge is -2.11. The van der Waals surface area contributed by atoms with Gasteiger partial charge in [-0.05, 0) is 105 Å². The van der Waals surface area contributed by atoms with E-state index < -0.39 is 0 Å². The first-order valence-electron chi connectivity index (χ1n) is 18.6. The zero-order valence-corrected chi connectivity index (χ0v) is 29.5. The Morgan fingerprint density at radius 2 is 0.667 bits per heavy atom. The molecule has 2 heterocycles. The number of para-hydroxylation sites is 1. The number of rotatable bonds is 5. The molecular weight excluding hydrogens is 653 g/mol. The number of benzene rings is 9. The summed E-state index contributed by atoms with van der Waals surface area (Å²) in [5.41, 5.74) is 14.4. The van der Waals surface area contributed by atoms with Crippen molar-refractivity contribution in [3.63, 3.8) is 0 Å². The minimum absolute atomic E-state index is 1.14. The molecule has 0 saturated carbocycles. The van der Waals surface area contributed by atoms with Crippen LogP contribution in [0.1, 0.15) is 0 Å². The minimum Gasteiger partial charge on any atom is -0.309 e. The van der Waals surface area contributed by atoms with E-state index in [1.54, 1.807) is 0 Å². The molecule has 9 aromatic carbocycles. The fourth-order valence-electron chi connectivity index (χ4n) is 8.54. The van der Waals surface area contributed by atoms with Crippen LogP contribution in [0.3, 0.4) is 0 Å². The lowest BCUT2D eigenvalue weighted by Crippen LogP contribution is -1.95. The molecule has 252 valence electrons. The monoisotopic (exact) mass is 686 g/mol. The molecule has 0 aliphatic heterocycles. The van der Waals surface area contributed by atoms with Gasteiger partial charge in [0.25, 0.3) is 0 Å². The molecule has 2 heteroatoms. The Hall–Kier alpha value is -7.16. The second kappa shape index (κ2) is 12.2. The van der Waals surface area contributed by atoms with Gasteiger partial charge in [-0.2, -0.15) is 0 Å². The molecular formula is C52H34N2. The summed E-state index contributed by atoms with van der Waals surface area (Å²) in [4.78, 5) is 0. The fourth-order valence-corrected chi connectivity index (χ4v) is 8.54. The smallest absolute Gasteiger partial charge is 0.0548 e. The van der Waals surface area contributed by atoms with E-state index in [4.69, 9.17) is 0 Å². The molecule has 11 rings (SSSR count). The van der Waals surface area contributed by atoms with Crippen molar-refractivity contribution in [3.05, 3.63) is 206 Å². The molecule has 2 nitrogen and oxygen atoms in total. The van der Waals surface area contributed by atoms with Crippen molar-refractivity contribution in [2.24, 2.45) is 0 Å². The second-order valence-corrected chi connectivity index (χ2v) is 14.2. The maximum Gasteiger partial charge on any atom is 0.0548 e. The van der Waals surface area contributed by atoms with Crippen molar-refractivity contribution in [1.29, 1.82) is 0 Å². The van der Waals surface area contributed by atoms with E-state index in [-0.39, 0.29) is 0 Å². The number of hydrogen-bond donors (Lipinski definition) is 0. The van der Waals surface area contributed by atoms with Crippen molar-refractivity contribution in [3.8, 4) is 44.8 Å². The van der Waals surface area contributed by atoms with Gasteiger partial charge in [-0.1, -0.05) is 146 Å². The normalized spacial score (nSPS) is 11.7. The Morgan fingerprint density at radius 1 is 0.241 bits per heavy atom. The first-order chi connectivity index (χ1) is 26.8. The Kier molecular flexibility index (Phi) is 6.90. The lowest BCUT2D eigenvalue weighted by atomic mass is 10.0. The summed E-state index contributed by atoms with van der Waals surface area (Å²) in [6.45, 7) is 0. The largest absolute Gasteiger partial charge is 0.309 e. The standard InChI is InChI=1S/C52H34N2/c1-3-11-35(12-4-1)38-21-26-43(27-22-38)53-47-18-10-9-17-45(47)51-49(53)31-32-50-52(51)46-34-42(36-13-5-2-6-14-36)25-30-48(46)54(50)44-28-23-39(24-29-44)41-20-19-37-15-7-8-16-40(37)33-41/h1-34H. The molecule has 0 N–H and O–H groups in total. The summed E-state index contributed by atoms with van der Waals surface area (Å²) in [5, 5.41) is 7.56. The highest BCUT2D eigenvalue weighted by Gasteiger charge is 2.21. The van der Waals surface area contributed by atoms with E-state index in [0.29, 0.717) is 0 Å². The summed E-state index contributed by atoms with van der Waals surface area (Å²) in [6, 6.07) is 75.2. The van der Waals surface area contributed by atoms with Gasteiger partial charge in [0, 0.05) is 32.9 Å². The molecule has 0 radical (unpaired) electrons. The molecule has 2 aromatic heterocycles. The summed E-state index contributed by atoms with van der Waals surface area (Å²) in [6.07, 6.45) is 0. The SMILES string of the molecule is c1ccc(-c2ccc(-n3c4ccccc4c4c5c6cc(-c7ccccc7)ccc6n(-c6ccc(-c7ccc8ccccc8c7)cc6)c5ccc43)cc2)cc1. The molecule has 0 bridgehead atoms. The zero-order valence-electron chi connectivity index (χ0n) is 29.5. The van der Waals surface area contributed by atoms with Crippen LogP contribution >= 0.6 is 0 Å². The van der Waals surface area contributed by atoms with Crippen molar-refractivity contribution in [1.82, 2.24) is 9.13 Å². The Balaban J connectivity index is 1.15. The molecule has 0 spiro atoms. The van der Waals surface area contributed by atoms with E-state index in [2.05, 4.69) is 215 Å². The van der Waals surface area contributed by atoms with Gasteiger partial charge in [0.05, 0.1) is 22.1 Å². The Labute approximate surface area is 313 Å². The van der Waals surface area contributed by atoms with Crippen LogP contribution in [0, 0.1) is 0 Å². The van der Waals surface area contributed by atoms with Gasteiger partial charge in [0.15, 0.2) is 0 Å². The molecule has 0 aliphatic carbocycles. The average molecular weight is 687 g/mol. The topological polar surface area (TPSA) is 9.86 Å². The molecule has 0 atom stereocenters. The third kappa shape index (κ3) is 4.81. The highest BCUT2D eigenvalue weighted by atomic mass is 15.0. The summed E-state index contributed by atoms with van der Waals surface area (Å²) >= 11 is 0. The second-order valence-electron chi connectivity index (χ2n) is 14.2. The number of fused-ring (bicyclic) bond motifs is 8. The number of aromatic nitrogens is 2. The van der Waals surface area contributed by atoms with Crippen molar-refractivity contribution >= 4 is 54.4 Å². The van der Waals surface area contributed by atoms with Gasteiger partial charge in [0.2, 0.25) is 0 Å². The maximum atomic E-state index is 2.45. The minimum atomic E-state index is 1.14. The predicted octanol–water partition coefficient (Wildman–Crippen LogP) is 14.0. The highest BCUT2D eigenvalue weighted by molar-refractivity contribution is 6.29. The van der Waals surface area contributed by atoms with Crippen LogP contribution < -0.4 is 0 Å². The summed E-state index contributed by atoms with van der Waals surface area (Å²) in [7, 11) is 0. The van der Waals surface area contributed by atoms with Gasteiger partial charge < -0.3 is 9.13 Å². The molecule has 54 heavy (non-hydrogen) atoms. The van der Waals surface area contributed by atoms with Crippen LogP contribution in [0.2, 0.25) is 0 Å². The van der Waals surface area contributed by atoms with E-state index in [0.717, 1.165) is 11.4 Å². The zero-order chi connectivity index (χ0) is 35.6. The molecule has 0 amide bonds. The quantitative estimate of drug-likeness (QED) is 0.171. The number of nitrogens with zero attached hydrogens (tertiary/aromatic N) is 2. The molecule has 0 unspecified atom stereocenters. The third-order valence-corrected chi connectivity index (χ3v) is 11.1. The van der Waals surface area contributed by atoms with E-state index in [9.17, 15) is 0 Å². The van der Waals surface area contributed by atoms with Crippen molar-refractivity contribution in [2.75, 3.05) is 0 Å². The molecule has 11 aromatic rings. The van der Waals surface area contributed by atoms with E-state index in [1.807, 2.05) is 0 Å². The maximum absolute atomic E-state index is 2.45. The summed E-state index contributed by atoms with van der Waals surface area (Å²) < 4.78 is 4.88. The van der Waals surface area contributed by atoms with Crippen molar-refractivity contribution in [2.45, 2.75) is 0 Å². The third-order valence-electron chi connectivity index (χ3n) is 11.1. The molecule has 0 aliphatic rings. The fraction of sp³-hybridized carbons (Fsp3) is 0. The van der Waals surface area contributed by atoms with Gasteiger partial charge in [-0.3, -0.25) is 0 Å². The predicted molar refractivity (Wildman–Crippen MR) is 229 cm³/mol. The molecule has 0 saturated heterocycles. The Bertz CT molecular complexity index is 3170. The van der Waals surface area contributed by atoms with E-state index in [1.165, 1.54) is 87.8 Å². The molecule has 0 fully saturated rings. The first-order valence-corrected chi connectivity index (χ1v) is 18.6. The summed E-state index contributed by atoms with van der Waals surface area (Å²) in [5.74, 6) is 0. The highest BCUT2D eigenvalue weighted by Crippen LogP contribution is 2.43. The van der Waals surface area contributed by atoms with Crippen LogP contribution in [0.5, 0.6) is 0 Å². The Morgan fingerprint density at radius 3 is 1.33 bits per heavy atom. The van der Waals surface area contributed by atoms with E-state index >= 15 is 0 Å². The lowest BCUT2D eigenvalue weighted by molar-refractivity contribution is 1.17. The van der Waals surface area contributed by atoms with Crippen LogP contribution in [0.15, 0.2) is 206 Å². The van der Waals surface area contributed by atoms with Crippen LogP contribution in [0.25, 0.3) is 99.1 Å². The number of hydrogen-bond acceptors (Lipinski definition) is 0. The van der Waals surface area contributed by atoms with Gasteiger partial charge in [-0.25, -0.2) is 0 Å². The van der Waals surface area contributed by atoms with Gasteiger partial charge >= 0.3 is 0 Å². The van der Waals surface area contributed by atoms with Crippen LogP contribution in [0.4, 0.5) is 0 Å². The first kappa shape index (κ1) is 30.5.